The maximum absolute atomic E-state index is 11.7. The number of benzene rings is 1. The van der Waals surface area contributed by atoms with E-state index in [1.165, 1.54) is 0 Å². The van der Waals surface area contributed by atoms with E-state index >= 15 is 0 Å². The molecule has 0 unspecified atom stereocenters. The molecule has 7 nitrogen and oxygen atoms in total. The van der Waals surface area contributed by atoms with Crippen LogP contribution in [-0.2, 0) is 23.1 Å². The fraction of sp³-hybridized carbons (Fsp3) is 0.500. The van der Waals surface area contributed by atoms with Crippen LogP contribution in [-0.4, -0.2) is 49.1 Å². The minimum Gasteiger partial charge on any atom is -0.496 e. The maximum Gasteiger partial charge on any atom is 0.211 e. The van der Waals surface area contributed by atoms with Gasteiger partial charge in [0.25, 0.3) is 0 Å². The number of aromatic nitrogens is 2. The molecule has 0 saturated heterocycles. The number of nitrogens with zero attached hydrogens (tertiary/aromatic N) is 3. The van der Waals surface area contributed by atoms with E-state index in [9.17, 15) is 8.42 Å². The van der Waals surface area contributed by atoms with Gasteiger partial charge in [0.05, 0.1) is 24.6 Å². The van der Waals surface area contributed by atoms with Gasteiger partial charge in [0.2, 0.25) is 10.0 Å². The summed E-state index contributed by atoms with van der Waals surface area (Å²) in [6.45, 7) is 4.48. The molecule has 2 aromatic rings. The van der Waals surface area contributed by atoms with Crippen LogP contribution >= 0.6 is 0 Å². The van der Waals surface area contributed by atoms with Crippen LogP contribution in [0.25, 0.3) is 0 Å². The quantitative estimate of drug-likeness (QED) is 0.758. The van der Waals surface area contributed by atoms with Gasteiger partial charge < -0.3 is 4.74 Å². The first-order chi connectivity index (χ1) is 12.5. The lowest BCUT2D eigenvalue weighted by atomic mass is 10.1. The van der Waals surface area contributed by atoms with Crippen LogP contribution in [0.4, 0.5) is 0 Å². The van der Waals surface area contributed by atoms with Crippen molar-refractivity contribution in [3.63, 3.8) is 0 Å². The second kappa shape index (κ2) is 8.20. The average molecular weight is 378 g/mol. The van der Waals surface area contributed by atoms with E-state index in [0.29, 0.717) is 13.0 Å². The van der Waals surface area contributed by atoms with E-state index in [0.717, 1.165) is 36.6 Å². The zero-order valence-electron chi connectivity index (χ0n) is 15.3. The Morgan fingerprint density at radius 1 is 1.31 bits per heavy atom. The Morgan fingerprint density at radius 3 is 2.88 bits per heavy atom. The molecule has 26 heavy (non-hydrogen) atoms. The van der Waals surface area contributed by atoms with Crippen LogP contribution in [0.2, 0.25) is 0 Å². The number of methoxy groups -OCH3 is 1. The smallest absolute Gasteiger partial charge is 0.211 e. The van der Waals surface area contributed by atoms with E-state index in [1.54, 1.807) is 14.0 Å². The summed E-state index contributed by atoms with van der Waals surface area (Å²) in [6.07, 6.45) is 2.52. The van der Waals surface area contributed by atoms with Crippen LogP contribution < -0.4 is 9.46 Å². The zero-order chi connectivity index (χ0) is 18.6. The topological polar surface area (TPSA) is 76.5 Å². The van der Waals surface area contributed by atoms with Crippen molar-refractivity contribution in [3.8, 4) is 5.75 Å². The highest BCUT2D eigenvalue weighted by Crippen LogP contribution is 2.26. The summed E-state index contributed by atoms with van der Waals surface area (Å²) in [7, 11) is -1.48. The Kier molecular flexibility index (Phi) is 5.95. The van der Waals surface area contributed by atoms with Crippen molar-refractivity contribution in [3.05, 3.63) is 47.8 Å². The van der Waals surface area contributed by atoms with Crippen molar-refractivity contribution < 1.29 is 13.2 Å². The second-order valence-corrected chi connectivity index (χ2v) is 8.58. The van der Waals surface area contributed by atoms with Crippen LogP contribution in [0.15, 0.2) is 36.5 Å². The lowest BCUT2D eigenvalue weighted by Crippen LogP contribution is -2.39. The van der Waals surface area contributed by atoms with Crippen LogP contribution in [0.3, 0.4) is 0 Å². The first-order valence-electron chi connectivity index (χ1n) is 8.86. The molecule has 8 heteroatoms. The van der Waals surface area contributed by atoms with Gasteiger partial charge in [0.1, 0.15) is 5.75 Å². The SMILES string of the molecule is CCS(=O)(=O)NCC[C@H]1CN(Cc2ccccc2OC)Cc2ccnn21. The Bertz CT molecular complexity index is 834. The van der Waals surface area contributed by atoms with Gasteiger partial charge in [-0.25, -0.2) is 13.1 Å². The highest BCUT2D eigenvalue weighted by atomic mass is 32.2. The van der Waals surface area contributed by atoms with Gasteiger partial charge in [0.15, 0.2) is 0 Å². The lowest BCUT2D eigenvalue weighted by molar-refractivity contribution is 0.160. The van der Waals surface area contributed by atoms with Gasteiger partial charge >= 0.3 is 0 Å². The van der Waals surface area contributed by atoms with Gasteiger partial charge in [-0.3, -0.25) is 9.58 Å². The lowest BCUT2D eigenvalue weighted by Gasteiger charge is -2.34. The summed E-state index contributed by atoms with van der Waals surface area (Å²) in [5, 5.41) is 4.44. The van der Waals surface area contributed by atoms with Gasteiger partial charge in [-0.1, -0.05) is 18.2 Å². The van der Waals surface area contributed by atoms with Gasteiger partial charge in [-0.05, 0) is 25.5 Å². The van der Waals surface area contributed by atoms with Crippen molar-refractivity contribution in [1.29, 1.82) is 0 Å². The van der Waals surface area contributed by atoms with Crippen molar-refractivity contribution >= 4 is 10.0 Å². The molecule has 1 aliphatic heterocycles. The molecule has 1 aliphatic rings. The summed E-state index contributed by atoms with van der Waals surface area (Å²) in [5.41, 5.74) is 2.29. The number of rotatable bonds is 8. The van der Waals surface area contributed by atoms with E-state index in [-0.39, 0.29) is 11.8 Å². The Balaban J connectivity index is 1.69. The Hall–Kier alpha value is -1.90. The summed E-state index contributed by atoms with van der Waals surface area (Å²) >= 11 is 0. The monoisotopic (exact) mass is 378 g/mol. The molecule has 142 valence electrons. The predicted octanol–water partition coefficient (Wildman–Crippen LogP) is 1.78. The third kappa shape index (κ3) is 4.44. The largest absolute Gasteiger partial charge is 0.496 e. The molecule has 1 aromatic heterocycles. The summed E-state index contributed by atoms with van der Waals surface area (Å²) in [4.78, 5) is 2.36. The van der Waals surface area contributed by atoms with E-state index < -0.39 is 10.0 Å². The molecular formula is C18H26N4O3S. The number of hydrogen-bond donors (Lipinski definition) is 1. The summed E-state index contributed by atoms with van der Waals surface area (Å²) in [5.74, 6) is 0.990. The molecule has 1 N–H and O–H groups in total. The first kappa shape index (κ1) is 18.9. The minimum absolute atomic E-state index is 0.102. The molecule has 0 fully saturated rings. The average Bonchev–Trinajstić information content (AvgIpc) is 3.11. The first-order valence-corrected chi connectivity index (χ1v) is 10.5. The number of para-hydroxylation sites is 1. The van der Waals surface area contributed by atoms with Crippen molar-refractivity contribution in [2.75, 3.05) is 26.0 Å². The predicted molar refractivity (Wildman–Crippen MR) is 100 cm³/mol. The Morgan fingerprint density at radius 2 is 2.12 bits per heavy atom. The van der Waals surface area contributed by atoms with E-state index in [1.807, 2.05) is 35.1 Å². The van der Waals surface area contributed by atoms with E-state index in [2.05, 4.69) is 20.8 Å². The number of sulfonamides is 1. The number of hydrogen-bond acceptors (Lipinski definition) is 5. The maximum atomic E-state index is 11.7. The molecule has 0 radical (unpaired) electrons. The number of fused-ring (bicyclic) bond motifs is 1. The zero-order valence-corrected chi connectivity index (χ0v) is 16.1. The molecule has 3 rings (SSSR count). The number of ether oxygens (including phenoxy) is 1. The highest BCUT2D eigenvalue weighted by molar-refractivity contribution is 7.89. The fourth-order valence-electron chi connectivity index (χ4n) is 3.36. The third-order valence-electron chi connectivity index (χ3n) is 4.72. The van der Waals surface area contributed by atoms with Gasteiger partial charge in [0, 0.05) is 37.9 Å². The van der Waals surface area contributed by atoms with Crippen LogP contribution in [0.5, 0.6) is 5.75 Å². The highest BCUT2D eigenvalue weighted by Gasteiger charge is 2.26. The summed E-state index contributed by atoms with van der Waals surface area (Å²) < 4.78 is 33.5. The minimum atomic E-state index is -3.17. The summed E-state index contributed by atoms with van der Waals surface area (Å²) in [6, 6.07) is 10.2. The van der Waals surface area contributed by atoms with Crippen LogP contribution in [0.1, 0.15) is 30.6 Å². The molecule has 0 bridgehead atoms. The molecular weight excluding hydrogens is 352 g/mol. The molecule has 0 saturated carbocycles. The van der Waals surface area contributed by atoms with Crippen molar-refractivity contribution in [2.24, 2.45) is 0 Å². The van der Waals surface area contributed by atoms with Gasteiger partial charge in [-0.2, -0.15) is 5.10 Å². The second-order valence-electron chi connectivity index (χ2n) is 6.49. The van der Waals surface area contributed by atoms with Gasteiger partial charge in [-0.15, -0.1) is 0 Å². The third-order valence-corrected chi connectivity index (χ3v) is 6.12. The van der Waals surface area contributed by atoms with E-state index in [4.69, 9.17) is 4.74 Å². The van der Waals surface area contributed by atoms with Crippen molar-refractivity contribution in [2.45, 2.75) is 32.5 Å². The molecule has 2 heterocycles. The number of nitrogens with one attached hydrogen (secondary N) is 1. The van der Waals surface area contributed by atoms with Crippen molar-refractivity contribution in [1.82, 2.24) is 19.4 Å². The Labute approximate surface area is 155 Å². The molecule has 0 aliphatic carbocycles. The van der Waals surface area contributed by atoms with Crippen LogP contribution in [0, 0.1) is 0 Å². The molecule has 0 amide bonds. The standard InChI is InChI=1S/C18H26N4O3S/c1-3-26(23,24)20-11-9-17-14-21(13-16-8-10-19-22(16)17)12-15-6-4-5-7-18(15)25-2/h4-8,10,17,20H,3,9,11-14H2,1-2H3/t17-/m0/s1. The molecule has 1 atom stereocenters. The molecule has 1 aromatic carbocycles. The fourth-order valence-corrected chi connectivity index (χ4v) is 3.99. The normalized spacial score (nSPS) is 17.8. The molecule has 0 spiro atoms.